The minimum atomic E-state index is -0.531. The van der Waals surface area contributed by atoms with Crippen LogP contribution in [0.2, 0.25) is 0 Å². The van der Waals surface area contributed by atoms with Crippen LogP contribution < -0.4 is 11.6 Å². The van der Waals surface area contributed by atoms with Crippen molar-refractivity contribution >= 4 is 23.5 Å². The van der Waals surface area contributed by atoms with Crippen LogP contribution in [0.15, 0.2) is 47.6 Å². The summed E-state index contributed by atoms with van der Waals surface area (Å²) in [4.78, 5) is 14.1. The fraction of sp³-hybridized carbons (Fsp3) is 0.500. The molecule has 6 nitrogen and oxygen atoms in total. The van der Waals surface area contributed by atoms with Gasteiger partial charge in [0.15, 0.2) is 0 Å². The van der Waals surface area contributed by atoms with Crippen LogP contribution >= 0.6 is 11.8 Å². The van der Waals surface area contributed by atoms with E-state index in [0.29, 0.717) is 24.4 Å². The zero-order valence-electron chi connectivity index (χ0n) is 15.7. The lowest BCUT2D eigenvalue weighted by atomic mass is 10.1. The van der Waals surface area contributed by atoms with Gasteiger partial charge in [-0.25, -0.2) is 0 Å². The number of amides is 1. The number of hydrazone groups is 1. The summed E-state index contributed by atoms with van der Waals surface area (Å²) in [6, 6.07) is 10.0. The van der Waals surface area contributed by atoms with Crippen molar-refractivity contribution in [3.05, 3.63) is 48.0 Å². The molecule has 1 aliphatic rings. The Morgan fingerprint density at radius 3 is 2.89 bits per heavy atom. The molecule has 5 N–H and O–H groups in total. The first-order valence-corrected chi connectivity index (χ1v) is 10.6. The molecule has 1 aromatic carbocycles. The van der Waals surface area contributed by atoms with E-state index in [1.54, 1.807) is 11.8 Å². The molecule has 1 aliphatic heterocycles. The highest BCUT2D eigenvalue weighted by atomic mass is 32.2. The molecular weight excluding hydrogens is 360 g/mol. The van der Waals surface area contributed by atoms with Gasteiger partial charge in [0.2, 0.25) is 5.91 Å². The van der Waals surface area contributed by atoms with Crippen LogP contribution in [-0.4, -0.2) is 51.9 Å². The van der Waals surface area contributed by atoms with Crippen LogP contribution in [0.25, 0.3) is 0 Å². The number of aliphatic hydroxyl groups excluding tert-OH is 1. The monoisotopic (exact) mass is 390 g/mol. The Morgan fingerprint density at radius 1 is 1.37 bits per heavy atom. The Morgan fingerprint density at radius 2 is 2.15 bits per heavy atom. The number of amidine groups is 1. The minimum absolute atomic E-state index is 0.0931. The highest BCUT2D eigenvalue weighted by molar-refractivity contribution is 7.99. The zero-order valence-corrected chi connectivity index (χ0v) is 16.5. The van der Waals surface area contributed by atoms with Gasteiger partial charge in [-0.05, 0) is 30.6 Å². The van der Waals surface area contributed by atoms with Crippen molar-refractivity contribution in [2.75, 3.05) is 18.1 Å². The molecule has 2 atom stereocenters. The lowest BCUT2D eigenvalue weighted by Crippen LogP contribution is -2.33. The molecule has 0 saturated carbocycles. The molecule has 2 rings (SSSR count). The van der Waals surface area contributed by atoms with Gasteiger partial charge in [0.25, 0.3) is 0 Å². The molecule has 1 aromatic rings. The van der Waals surface area contributed by atoms with Crippen molar-refractivity contribution in [2.45, 2.75) is 44.2 Å². The van der Waals surface area contributed by atoms with Crippen molar-refractivity contribution in [1.29, 1.82) is 0 Å². The summed E-state index contributed by atoms with van der Waals surface area (Å²) in [5.74, 6) is 7.37. The normalized spacial score (nSPS) is 19.1. The molecule has 0 radical (unpaired) electrons. The van der Waals surface area contributed by atoms with Crippen LogP contribution in [0.1, 0.15) is 31.2 Å². The van der Waals surface area contributed by atoms with Gasteiger partial charge in [0.1, 0.15) is 5.84 Å². The molecule has 27 heavy (non-hydrogen) atoms. The predicted molar refractivity (Wildman–Crippen MR) is 112 cm³/mol. The molecule has 0 spiro atoms. The number of carbonyl (C=O) groups excluding carboxylic acids is 1. The van der Waals surface area contributed by atoms with Crippen LogP contribution in [0.3, 0.4) is 0 Å². The van der Waals surface area contributed by atoms with E-state index in [9.17, 15) is 9.90 Å². The number of aliphatic hydroxyl groups is 1. The minimum Gasteiger partial charge on any atom is -0.389 e. The maximum Gasteiger partial charge on any atom is 0.223 e. The molecule has 1 fully saturated rings. The van der Waals surface area contributed by atoms with Gasteiger partial charge in [0, 0.05) is 19.4 Å². The van der Waals surface area contributed by atoms with E-state index in [1.807, 2.05) is 47.4 Å². The number of thioether (sulfide) groups is 1. The fourth-order valence-corrected chi connectivity index (χ4v) is 3.96. The number of unbranched alkanes of at least 4 members (excludes halogenated alkanes) is 1. The number of hydrogen-bond donors (Lipinski definition) is 3. The SMILES string of the molecule is N/N=C(\N)CSCCCCN1C(=O)CC[C@@H]1/C=C/C(O)Cc1ccccc1. The molecule has 148 valence electrons. The maximum atomic E-state index is 12.1. The maximum absolute atomic E-state index is 12.1. The van der Waals surface area contributed by atoms with Crippen molar-refractivity contribution in [3.8, 4) is 0 Å². The Balaban J connectivity index is 1.72. The second-order valence-corrected chi connectivity index (χ2v) is 7.82. The van der Waals surface area contributed by atoms with Gasteiger partial charge in [-0.2, -0.15) is 16.9 Å². The van der Waals surface area contributed by atoms with Gasteiger partial charge in [0.05, 0.1) is 17.9 Å². The number of nitrogens with two attached hydrogens (primary N) is 2. The second kappa shape index (κ2) is 11.7. The number of nitrogens with zero attached hydrogens (tertiary/aromatic N) is 2. The van der Waals surface area contributed by atoms with E-state index in [2.05, 4.69) is 5.10 Å². The number of likely N-dealkylation sites (tertiary alicyclic amines) is 1. The average Bonchev–Trinajstić information content (AvgIpc) is 3.03. The Bertz CT molecular complexity index is 636. The number of rotatable bonds is 11. The summed E-state index contributed by atoms with van der Waals surface area (Å²) in [7, 11) is 0. The van der Waals surface area contributed by atoms with Crippen LogP contribution in [-0.2, 0) is 11.2 Å². The van der Waals surface area contributed by atoms with E-state index in [1.165, 1.54) is 0 Å². The van der Waals surface area contributed by atoms with Gasteiger partial charge >= 0.3 is 0 Å². The fourth-order valence-electron chi connectivity index (χ4n) is 3.13. The molecule has 1 amide bonds. The first kappa shape index (κ1) is 21.3. The third-order valence-corrected chi connectivity index (χ3v) is 5.65. The van der Waals surface area contributed by atoms with Crippen molar-refractivity contribution in [2.24, 2.45) is 16.7 Å². The second-order valence-electron chi connectivity index (χ2n) is 6.72. The lowest BCUT2D eigenvalue weighted by Gasteiger charge is -2.22. The predicted octanol–water partition coefficient (Wildman–Crippen LogP) is 1.88. The van der Waals surface area contributed by atoms with Crippen LogP contribution in [0.4, 0.5) is 0 Å². The average molecular weight is 391 g/mol. The summed E-state index contributed by atoms with van der Waals surface area (Å²) >= 11 is 1.70. The largest absolute Gasteiger partial charge is 0.389 e. The topological polar surface area (TPSA) is 105 Å². The smallest absolute Gasteiger partial charge is 0.223 e. The van der Waals surface area contributed by atoms with Crippen LogP contribution in [0, 0.1) is 0 Å². The highest BCUT2D eigenvalue weighted by Crippen LogP contribution is 2.21. The standard InChI is InChI=1S/C20H30N4O2S/c21-19(23-22)15-27-13-5-4-12-24-17(9-11-20(24)26)8-10-18(25)14-16-6-2-1-3-7-16/h1-3,6-8,10,17-18,25H,4-5,9,11-15,22H2,(H2,21,23)/b10-8+/t17-,18?/m0/s1. The van der Waals surface area contributed by atoms with E-state index in [4.69, 9.17) is 11.6 Å². The van der Waals surface area contributed by atoms with E-state index in [0.717, 1.165) is 37.1 Å². The Labute approximate surface area is 165 Å². The number of benzene rings is 1. The lowest BCUT2D eigenvalue weighted by molar-refractivity contribution is -0.128. The van der Waals surface area contributed by atoms with Gasteiger partial charge in [-0.3, -0.25) is 4.79 Å². The zero-order chi connectivity index (χ0) is 19.5. The third-order valence-electron chi connectivity index (χ3n) is 4.57. The summed E-state index contributed by atoms with van der Waals surface area (Å²) in [6.45, 7) is 0.754. The van der Waals surface area contributed by atoms with E-state index in [-0.39, 0.29) is 11.9 Å². The molecule has 0 aromatic heterocycles. The quantitative estimate of drug-likeness (QED) is 0.134. The highest BCUT2D eigenvalue weighted by Gasteiger charge is 2.28. The third kappa shape index (κ3) is 7.64. The van der Waals surface area contributed by atoms with Crippen molar-refractivity contribution in [3.63, 3.8) is 0 Å². The Hall–Kier alpha value is -1.99. The number of hydrogen-bond acceptors (Lipinski definition) is 5. The first-order valence-electron chi connectivity index (χ1n) is 9.40. The van der Waals surface area contributed by atoms with E-state index < -0.39 is 6.10 Å². The van der Waals surface area contributed by atoms with Crippen LogP contribution in [0.5, 0.6) is 0 Å². The van der Waals surface area contributed by atoms with Gasteiger partial charge in [-0.15, -0.1) is 0 Å². The van der Waals surface area contributed by atoms with Crippen molar-refractivity contribution < 1.29 is 9.90 Å². The molecule has 1 unspecified atom stereocenters. The molecule has 1 heterocycles. The van der Waals surface area contributed by atoms with Gasteiger partial charge < -0.3 is 21.6 Å². The molecule has 7 heteroatoms. The molecule has 0 aliphatic carbocycles. The van der Waals surface area contributed by atoms with E-state index >= 15 is 0 Å². The molecule has 1 saturated heterocycles. The Kier molecular flexibility index (Phi) is 9.21. The summed E-state index contributed by atoms with van der Waals surface area (Å²) in [6.07, 6.45) is 7.25. The molecule has 0 bridgehead atoms. The van der Waals surface area contributed by atoms with Crippen molar-refractivity contribution in [1.82, 2.24) is 4.90 Å². The summed E-state index contributed by atoms with van der Waals surface area (Å²) in [5, 5.41) is 13.7. The molecular formula is C20H30N4O2S. The summed E-state index contributed by atoms with van der Waals surface area (Å²) in [5.41, 5.74) is 6.66. The van der Waals surface area contributed by atoms with Gasteiger partial charge in [-0.1, -0.05) is 42.5 Å². The number of carbonyl (C=O) groups is 1. The summed E-state index contributed by atoms with van der Waals surface area (Å²) < 4.78 is 0. The first-order chi connectivity index (χ1) is 13.1.